The van der Waals surface area contributed by atoms with Crippen molar-refractivity contribution in [1.82, 2.24) is 10.2 Å². The average molecular weight is 198 g/mol. The molecule has 0 saturated carbocycles. The van der Waals surface area contributed by atoms with Crippen LogP contribution in [0.2, 0.25) is 0 Å². The Balaban J connectivity index is 2.20. The van der Waals surface area contributed by atoms with Crippen LogP contribution in [0.15, 0.2) is 0 Å². The van der Waals surface area contributed by atoms with Gasteiger partial charge in [0.1, 0.15) is 0 Å². The normalized spacial score (nSPS) is 28.8. The van der Waals surface area contributed by atoms with Crippen molar-refractivity contribution in [3.05, 3.63) is 0 Å². The first-order chi connectivity index (χ1) is 6.58. The maximum absolute atomic E-state index is 10.7. The molecule has 2 atom stereocenters. The van der Waals surface area contributed by atoms with E-state index in [4.69, 9.17) is 0 Å². The first kappa shape index (κ1) is 11.5. The zero-order chi connectivity index (χ0) is 10.6. The summed E-state index contributed by atoms with van der Waals surface area (Å²) >= 11 is 0. The first-order valence-electron chi connectivity index (χ1n) is 5.54. The molecule has 1 fully saturated rings. The van der Waals surface area contributed by atoms with Crippen LogP contribution in [0.3, 0.4) is 0 Å². The highest BCUT2D eigenvalue weighted by Crippen LogP contribution is 2.20. The highest BCUT2D eigenvalue weighted by Gasteiger charge is 2.20. The van der Waals surface area contributed by atoms with Crippen molar-refractivity contribution >= 4 is 5.91 Å². The number of likely N-dealkylation sites (tertiary alicyclic amines) is 1. The summed E-state index contributed by atoms with van der Waals surface area (Å²) < 4.78 is 0. The van der Waals surface area contributed by atoms with Gasteiger partial charge >= 0.3 is 0 Å². The average Bonchev–Trinajstić information content (AvgIpc) is 2.01. The molecule has 1 heterocycles. The lowest BCUT2D eigenvalue weighted by Crippen LogP contribution is -2.42. The molecule has 1 N–H and O–H groups in total. The van der Waals surface area contributed by atoms with Crippen molar-refractivity contribution in [3.63, 3.8) is 0 Å². The quantitative estimate of drug-likeness (QED) is 0.736. The molecule has 0 bridgehead atoms. The van der Waals surface area contributed by atoms with Gasteiger partial charge in [0.25, 0.3) is 0 Å². The van der Waals surface area contributed by atoms with Crippen LogP contribution in [0.25, 0.3) is 0 Å². The van der Waals surface area contributed by atoms with E-state index in [0.717, 1.165) is 24.9 Å². The molecular weight excluding hydrogens is 176 g/mol. The molecule has 0 spiro atoms. The predicted molar refractivity (Wildman–Crippen MR) is 58.1 cm³/mol. The second kappa shape index (κ2) is 5.35. The highest BCUT2D eigenvalue weighted by molar-refractivity contribution is 5.72. The van der Waals surface area contributed by atoms with Crippen LogP contribution in [0.1, 0.15) is 27.2 Å². The zero-order valence-electron chi connectivity index (χ0n) is 9.55. The lowest BCUT2D eigenvalue weighted by molar-refractivity contribution is -0.119. The van der Waals surface area contributed by atoms with Gasteiger partial charge in [-0.05, 0) is 18.3 Å². The molecule has 2 unspecified atom stereocenters. The number of carbonyl (C=O) groups excluding carboxylic acids is 1. The summed E-state index contributed by atoms with van der Waals surface area (Å²) in [6, 6.07) is 0. The van der Waals surface area contributed by atoms with Crippen molar-refractivity contribution in [3.8, 4) is 0 Å². The van der Waals surface area contributed by atoms with Gasteiger partial charge in [-0.15, -0.1) is 0 Å². The van der Waals surface area contributed by atoms with E-state index in [9.17, 15) is 4.79 Å². The Hall–Kier alpha value is -0.570. The van der Waals surface area contributed by atoms with Gasteiger partial charge in [0, 0.05) is 33.1 Å². The first-order valence-corrected chi connectivity index (χ1v) is 5.54. The standard InChI is InChI=1S/C11H22N2O/c1-9-6-10(2)8-13(7-9)5-4-12-11(3)14/h9-10H,4-8H2,1-3H3,(H,12,14). The van der Waals surface area contributed by atoms with Gasteiger partial charge in [0.15, 0.2) is 0 Å². The second-order valence-electron chi connectivity index (χ2n) is 4.69. The summed E-state index contributed by atoms with van der Waals surface area (Å²) in [5.41, 5.74) is 0. The summed E-state index contributed by atoms with van der Waals surface area (Å²) in [6.45, 7) is 10.3. The van der Waals surface area contributed by atoms with Gasteiger partial charge in [0.05, 0.1) is 0 Å². The van der Waals surface area contributed by atoms with Crippen LogP contribution < -0.4 is 5.32 Å². The third kappa shape index (κ3) is 4.09. The lowest BCUT2D eigenvalue weighted by atomic mass is 9.92. The molecule has 0 radical (unpaired) electrons. The summed E-state index contributed by atoms with van der Waals surface area (Å²) in [5, 5.41) is 2.84. The molecule has 0 aliphatic carbocycles. The van der Waals surface area contributed by atoms with Crippen LogP contribution in [0.4, 0.5) is 0 Å². The third-order valence-corrected chi connectivity index (χ3v) is 2.75. The smallest absolute Gasteiger partial charge is 0.216 e. The Morgan fingerprint density at radius 3 is 2.43 bits per heavy atom. The van der Waals surface area contributed by atoms with Crippen LogP contribution in [-0.2, 0) is 4.79 Å². The van der Waals surface area contributed by atoms with Gasteiger partial charge < -0.3 is 10.2 Å². The van der Waals surface area contributed by atoms with E-state index < -0.39 is 0 Å². The highest BCUT2D eigenvalue weighted by atomic mass is 16.1. The Labute approximate surface area is 86.9 Å². The summed E-state index contributed by atoms with van der Waals surface area (Å²) in [5.74, 6) is 1.68. The summed E-state index contributed by atoms with van der Waals surface area (Å²) in [6.07, 6.45) is 1.34. The molecule has 1 amide bonds. The minimum absolute atomic E-state index is 0.0723. The maximum atomic E-state index is 10.7. The minimum Gasteiger partial charge on any atom is -0.355 e. The molecule has 1 aliphatic heterocycles. The zero-order valence-corrected chi connectivity index (χ0v) is 9.55. The van der Waals surface area contributed by atoms with E-state index in [1.165, 1.54) is 19.5 Å². The van der Waals surface area contributed by atoms with Crippen LogP contribution >= 0.6 is 0 Å². The Bertz CT molecular complexity index is 184. The molecule has 82 valence electrons. The van der Waals surface area contributed by atoms with Crippen molar-refractivity contribution in [2.24, 2.45) is 11.8 Å². The Morgan fingerprint density at radius 2 is 1.93 bits per heavy atom. The second-order valence-corrected chi connectivity index (χ2v) is 4.69. The SMILES string of the molecule is CC(=O)NCCN1CC(C)CC(C)C1. The Morgan fingerprint density at radius 1 is 1.36 bits per heavy atom. The molecular formula is C11H22N2O. The maximum Gasteiger partial charge on any atom is 0.216 e. The molecule has 0 aromatic heterocycles. The van der Waals surface area contributed by atoms with Gasteiger partial charge in [-0.1, -0.05) is 13.8 Å². The van der Waals surface area contributed by atoms with Crippen molar-refractivity contribution in [2.75, 3.05) is 26.2 Å². The number of piperidine rings is 1. The largest absolute Gasteiger partial charge is 0.355 e. The fourth-order valence-corrected chi connectivity index (χ4v) is 2.36. The Kier molecular flexibility index (Phi) is 4.39. The number of hydrogen-bond acceptors (Lipinski definition) is 2. The van der Waals surface area contributed by atoms with E-state index in [2.05, 4.69) is 24.1 Å². The lowest BCUT2D eigenvalue weighted by Gasteiger charge is -2.34. The van der Waals surface area contributed by atoms with E-state index in [1.807, 2.05) is 0 Å². The monoisotopic (exact) mass is 198 g/mol. The molecule has 3 heteroatoms. The van der Waals surface area contributed by atoms with Crippen molar-refractivity contribution < 1.29 is 4.79 Å². The van der Waals surface area contributed by atoms with E-state index in [0.29, 0.717) is 0 Å². The summed E-state index contributed by atoms with van der Waals surface area (Å²) in [7, 11) is 0. The number of carbonyl (C=O) groups is 1. The number of nitrogens with one attached hydrogen (secondary N) is 1. The van der Waals surface area contributed by atoms with Crippen LogP contribution in [-0.4, -0.2) is 37.0 Å². The van der Waals surface area contributed by atoms with Gasteiger partial charge in [-0.25, -0.2) is 0 Å². The van der Waals surface area contributed by atoms with Crippen LogP contribution in [0.5, 0.6) is 0 Å². The van der Waals surface area contributed by atoms with E-state index in [-0.39, 0.29) is 5.91 Å². The van der Waals surface area contributed by atoms with Gasteiger partial charge in [-0.2, -0.15) is 0 Å². The molecule has 1 aliphatic rings. The number of hydrogen-bond donors (Lipinski definition) is 1. The third-order valence-electron chi connectivity index (χ3n) is 2.75. The molecule has 0 aromatic rings. The molecule has 1 saturated heterocycles. The fraction of sp³-hybridized carbons (Fsp3) is 0.909. The summed E-state index contributed by atoms with van der Waals surface area (Å²) in [4.78, 5) is 13.1. The van der Waals surface area contributed by atoms with Gasteiger partial charge in [0.2, 0.25) is 5.91 Å². The fourth-order valence-electron chi connectivity index (χ4n) is 2.36. The topological polar surface area (TPSA) is 32.3 Å². The van der Waals surface area contributed by atoms with Gasteiger partial charge in [-0.3, -0.25) is 4.79 Å². The van der Waals surface area contributed by atoms with Crippen molar-refractivity contribution in [2.45, 2.75) is 27.2 Å². The number of nitrogens with zero attached hydrogens (tertiary/aromatic N) is 1. The molecule has 14 heavy (non-hydrogen) atoms. The van der Waals surface area contributed by atoms with E-state index in [1.54, 1.807) is 6.92 Å². The molecule has 0 aromatic carbocycles. The number of rotatable bonds is 3. The predicted octanol–water partition coefficient (Wildman–Crippen LogP) is 1.10. The van der Waals surface area contributed by atoms with Crippen molar-refractivity contribution in [1.29, 1.82) is 0 Å². The molecule has 1 rings (SSSR count). The van der Waals surface area contributed by atoms with E-state index >= 15 is 0 Å². The van der Waals surface area contributed by atoms with Crippen LogP contribution in [0, 0.1) is 11.8 Å². The molecule has 3 nitrogen and oxygen atoms in total. The minimum atomic E-state index is 0.0723. The number of amides is 1.